The van der Waals surface area contributed by atoms with Crippen LogP contribution in [-0.2, 0) is 11.3 Å². The molecule has 5 nitrogen and oxygen atoms in total. The first kappa shape index (κ1) is 18.0. The van der Waals surface area contributed by atoms with E-state index in [2.05, 4.69) is 27.3 Å². The van der Waals surface area contributed by atoms with Crippen molar-refractivity contribution in [2.24, 2.45) is 0 Å². The van der Waals surface area contributed by atoms with Crippen LogP contribution in [0.4, 0.5) is 0 Å². The molecule has 0 radical (unpaired) electrons. The number of aliphatic carboxylic acids is 1. The normalized spacial score (nSPS) is 16.2. The number of nitrogens with zero attached hydrogens (tertiary/aromatic N) is 3. The molecule has 6 heteroatoms. The van der Waals surface area contributed by atoms with Gasteiger partial charge in [-0.15, -0.1) is 11.3 Å². The van der Waals surface area contributed by atoms with Crippen LogP contribution in [0, 0.1) is 0 Å². The Morgan fingerprint density at radius 2 is 1.80 bits per heavy atom. The second-order valence-corrected chi connectivity index (χ2v) is 7.34. The minimum absolute atomic E-state index is 0.285. The van der Waals surface area contributed by atoms with Gasteiger partial charge in [0.25, 0.3) is 0 Å². The highest BCUT2D eigenvalue weighted by atomic mass is 32.1. The Bertz CT molecular complexity index is 666. The molecule has 1 aliphatic heterocycles. The molecule has 1 N–H and O–H groups in total. The Balaban J connectivity index is 1.41. The molecule has 0 bridgehead atoms. The third-order valence-electron chi connectivity index (χ3n) is 4.54. The summed E-state index contributed by atoms with van der Waals surface area (Å²) < 4.78 is 0. The fraction of sp³-hybridized carbons (Fsp3) is 0.474. The van der Waals surface area contributed by atoms with Gasteiger partial charge in [-0.1, -0.05) is 30.3 Å². The second kappa shape index (κ2) is 9.08. The number of hydrogen-bond acceptors (Lipinski definition) is 5. The smallest absolute Gasteiger partial charge is 0.303 e. The van der Waals surface area contributed by atoms with Gasteiger partial charge in [0, 0.05) is 50.1 Å². The Morgan fingerprint density at radius 1 is 1.08 bits per heavy atom. The van der Waals surface area contributed by atoms with Gasteiger partial charge in [0.15, 0.2) is 0 Å². The number of aromatic nitrogens is 1. The molecule has 0 aliphatic carbocycles. The van der Waals surface area contributed by atoms with Crippen molar-refractivity contribution in [3.63, 3.8) is 0 Å². The highest BCUT2D eigenvalue weighted by Gasteiger charge is 2.17. The molecule has 25 heavy (non-hydrogen) atoms. The highest BCUT2D eigenvalue weighted by molar-refractivity contribution is 7.13. The predicted molar refractivity (Wildman–Crippen MR) is 101 cm³/mol. The van der Waals surface area contributed by atoms with Gasteiger partial charge in [0.05, 0.1) is 5.69 Å². The van der Waals surface area contributed by atoms with Crippen molar-refractivity contribution in [1.29, 1.82) is 0 Å². The molecule has 1 aromatic carbocycles. The van der Waals surface area contributed by atoms with Gasteiger partial charge in [-0.3, -0.25) is 9.69 Å². The topological polar surface area (TPSA) is 56.7 Å². The van der Waals surface area contributed by atoms with E-state index in [-0.39, 0.29) is 6.42 Å². The summed E-state index contributed by atoms with van der Waals surface area (Å²) in [5.74, 6) is -0.692. The average molecular weight is 359 g/mol. The first-order valence-electron chi connectivity index (χ1n) is 8.87. The summed E-state index contributed by atoms with van der Waals surface area (Å²) in [6.45, 7) is 6.14. The maximum Gasteiger partial charge on any atom is 0.303 e. The SMILES string of the molecule is O=C(O)CCCCN1CCN(Cc2csc(-c3ccccc3)n2)CC1. The fourth-order valence-electron chi connectivity index (χ4n) is 3.10. The van der Waals surface area contributed by atoms with Gasteiger partial charge in [-0.25, -0.2) is 4.98 Å². The van der Waals surface area contributed by atoms with E-state index in [4.69, 9.17) is 10.1 Å². The molecule has 2 heterocycles. The molecule has 2 aromatic rings. The largest absolute Gasteiger partial charge is 0.481 e. The number of benzene rings is 1. The molecule has 1 saturated heterocycles. The number of carboxylic acid groups (broad SMARTS) is 1. The van der Waals surface area contributed by atoms with Crippen LogP contribution >= 0.6 is 11.3 Å². The summed E-state index contributed by atoms with van der Waals surface area (Å²) in [7, 11) is 0. The molecule has 0 unspecified atom stereocenters. The van der Waals surface area contributed by atoms with Crippen LogP contribution in [0.3, 0.4) is 0 Å². The van der Waals surface area contributed by atoms with Crippen LogP contribution in [0.2, 0.25) is 0 Å². The minimum atomic E-state index is -0.692. The Kier molecular flexibility index (Phi) is 6.55. The predicted octanol–water partition coefficient (Wildman–Crippen LogP) is 3.18. The minimum Gasteiger partial charge on any atom is -0.481 e. The van der Waals surface area contributed by atoms with Gasteiger partial charge < -0.3 is 10.0 Å². The van der Waals surface area contributed by atoms with Crippen LogP contribution in [0.25, 0.3) is 10.6 Å². The zero-order valence-electron chi connectivity index (χ0n) is 14.4. The molecule has 134 valence electrons. The van der Waals surface area contributed by atoms with Crippen molar-refractivity contribution >= 4 is 17.3 Å². The van der Waals surface area contributed by atoms with Crippen LogP contribution in [0.15, 0.2) is 35.7 Å². The lowest BCUT2D eigenvalue weighted by Gasteiger charge is -2.34. The van der Waals surface area contributed by atoms with E-state index < -0.39 is 5.97 Å². The van der Waals surface area contributed by atoms with E-state index >= 15 is 0 Å². The molecule has 1 aliphatic rings. The van der Waals surface area contributed by atoms with Gasteiger partial charge in [0.2, 0.25) is 0 Å². The number of carboxylic acids is 1. The van der Waals surface area contributed by atoms with Gasteiger partial charge in [-0.2, -0.15) is 0 Å². The number of carbonyl (C=O) groups is 1. The van der Waals surface area contributed by atoms with Crippen molar-refractivity contribution < 1.29 is 9.90 Å². The molecule has 0 spiro atoms. The first-order valence-corrected chi connectivity index (χ1v) is 9.75. The van der Waals surface area contributed by atoms with Gasteiger partial charge in [-0.05, 0) is 19.4 Å². The number of rotatable bonds is 8. The van der Waals surface area contributed by atoms with E-state index in [9.17, 15) is 4.79 Å². The lowest BCUT2D eigenvalue weighted by molar-refractivity contribution is -0.137. The zero-order chi connectivity index (χ0) is 17.5. The number of thiazole rings is 1. The average Bonchev–Trinajstić information content (AvgIpc) is 3.09. The van der Waals surface area contributed by atoms with Crippen molar-refractivity contribution in [3.8, 4) is 10.6 Å². The third-order valence-corrected chi connectivity index (χ3v) is 5.48. The standard InChI is InChI=1S/C19H25N3O2S/c23-18(24)8-4-5-9-21-10-12-22(13-11-21)14-17-15-25-19(20-17)16-6-2-1-3-7-16/h1-3,6-7,15H,4-5,8-14H2,(H,23,24). The molecular formula is C19H25N3O2S. The fourth-order valence-corrected chi connectivity index (χ4v) is 3.92. The van der Waals surface area contributed by atoms with Gasteiger partial charge >= 0.3 is 5.97 Å². The third kappa shape index (κ3) is 5.63. The van der Waals surface area contributed by atoms with Crippen molar-refractivity contribution in [2.45, 2.75) is 25.8 Å². The molecular weight excluding hydrogens is 334 g/mol. The van der Waals surface area contributed by atoms with Crippen molar-refractivity contribution in [3.05, 3.63) is 41.4 Å². The van der Waals surface area contributed by atoms with E-state index in [1.807, 2.05) is 18.2 Å². The molecule has 0 atom stereocenters. The van der Waals surface area contributed by atoms with E-state index in [0.29, 0.717) is 0 Å². The Hall–Kier alpha value is -1.76. The first-order chi connectivity index (χ1) is 12.2. The molecule has 1 fully saturated rings. The van der Waals surface area contributed by atoms with E-state index in [0.717, 1.165) is 62.8 Å². The summed E-state index contributed by atoms with van der Waals surface area (Å²) in [4.78, 5) is 20.2. The lowest BCUT2D eigenvalue weighted by Crippen LogP contribution is -2.46. The summed E-state index contributed by atoms with van der Waals surface area (Å²) in [5.41, 5.74) is 2.34. The highest BCUT2D eigenvalue weighted by Crippen LogP contribution is 2.24. The maximum absolute atomic E-state index is 10.5. The maximum atomic E-state index is 10.5. The van der Waals surface area contributed by atoms with Crippen LogP contribution in [0.1, 0.15) is 25.0 Å². The summed E-state index contributed by atoms with van der Waals surface area (Å²) >= 11 is 1.71. The Morgan fingerprint density at radius 3 is 2.52 bits per heavy atom. The van der Waals surface area contributed by atoms with E-state index in [1.54, 1.807) is 11.3 Å². The van der Waals surface area contributed by atoms with Crippen LogP contribution in [-0.4, -0.2) is 58.6 Å². The summed E-state index contributed by atoms with van der Waals surface area (Å²) in [6, 6.07) is 10.3. The van der Waals surface area contributed by atoms with Crippen molar-refractivity contribution in [1.82, 2.24) is 14.8 Å². The molecule has 0 saturated carbocycles. The number of hydrogen-bond donors (Lipinski definition) is 1. The zero-order valence-corrected chi connectivity index (χ0v) is 15.2. The monoisotopic (exact) mass is 359 g/mol. The lowest BCUT2D eigenvalue weighted by atomic mass is 10.2. The Labute approximate surface area is 152 Å². The molecule has 3 rings (SSSR count). The van der Waals surface area contributed by atoms with E-state index in [1.165, 1.54) is 5.56 Å². The number of piperazine rings is 1. The van der Waals surface area contributed by atoms with Crippen molar-refractivity contribution in [2.75, 3.05) is 32.7 Å². The number of unbranched alkanes of at least 4 members (excludes halogenated alkanes) is 1. The van der Waals surface area contributed by atoms with Crippen LogP contribution < -0.4 is 0 Å². The molecule has 0 amide bonds. The summed E-state index contributed by atoms with van der Waals surface area (Å²) in [5, 5.41) is 11.9. The summed E-state index contributed by atoms with van der Waals surface area (Å²) in [6.07, 6.45) is 2.03. The van der Waals surface area contributed by atoms with Crippen LogP contribution in [0.5, 0.6) is 0 Å². The van der Waals surface area contributed by atoms with Gasteiger partial charge in [0.1, 0.15) is 5.01 Å². The molecule has 1 aromatic heterocycles. The quantitative estimate of drug-likeness (QED) is 0.734. The second-order valence-electron chi connectivity index (χ2n) is 6.48.